The molecule has 7 heteroatoms. The molecule has 2 unspecified atom stereocenters. The van der Waals surface area contributed by atoms with Gasteiger partial charge in [0, 0.05) is 11.9 Å². The number of carboxylic acid groups (broad SMARTS) is 1. The maximum Gasteiger partial charge on any atom is 0.327 e. The first-order chi connectivity index (χ1) is 9.04. The van der Waals surface area contributed by atoms with Crippen LogP contribution in [0.4, 0.5) is 4.39 Å². The number of aliphatic carboxylic acids is 1. The van der Waals surface area contributed by atoms with Crippen molar-refractivity contribution < 1.29 is 19.1 Å². The molecular weight excluding hydrogens is 271 g/mol. The quantitative estimate of drug-likeness (QED) is 0.913. The van der Waals surface area contributed by atoms with Crippen LogP contribution in [-0.4, -0.2) is 44.0 Å². The van der Waals surface area contributed by atoms with Crippen LogP contribution < -0.4 is 0 Å². The minimum Gasteiger partial charge on any atom is -0.480 e. The predicted octanol–water partition coefficient (Wildman–Crippen LogP) is 1.60. The van der Waals surface area contributed by atoms with Crippen molar-refractivity contribution in [1.29, 1.82) is 0 Å². The summed E-state index contributed by atoms with van der Waals surface area (Å²) >= 11 is 1.42. The zero-order chi connectivity index (χ0) is 14.0. The van der Waals surface area contributed by atoms with E-state index in [1.165, 1.54) is 22.9 Å². The molecule has 1 amide bonds. The number of pyridine rings is 1. The molecule has 0 aromatic carbocycles. The van der Waals surface area contributed by atoms with E-state index in [4.69, 9.17) is 5.11 Å². The zero-order valence-corrected chi connectivity index (χ0v) is 11.1. The number of hydrogen-bond donors (Lipinski definition) is 1. The summed E-state index contributed by atoms with van der Waals surface area (Å²) in [4.78, 5) is 28.4. The average molecular weight is 284 g/mol. The second-order valence-electron chi connectivity index (χ2n) is 4.15. The zero-order valence-electron chi connectivity index (χ0n) is 10.2. The normalized spacial score (nSPS) is 22.5. The maximum atomic E-state index is 13.1. The van der Waals surface area contributed by atoms with Crippen LogP contribution in [0.2, 0.25) is 0 Å². The Bertz CT molecular complexity index is 512. The Kier molecular flexibility index (Phi) is 4.04. The molecule has 1 aromatic rings. The SMILES string of the molecule is CCC1SCC(C(=O)O)N1C(=O)c1cncc(F)c1. The van der Waals surface area contributed by atoms with Gasteiger partial charge in [-0.05, 0) is 12.5 Å². The number of carbonyl (C=O) groups excluding carboxylic acids is 1. The predicted molar refractivity (Wildman–Crippen MR) is 68.3 cm³/mol. The molecule has 1 aliphatic rings. The number of amides is 1. The summed E-state index contributed by atoms with van der Waals surface area (Å²) in [6.45, 7) is 1.88. The first kappa shape index (κ1) is 13.8. The summed E-state index contributed by atoms with van der Waals surface area (Å²) in [5.41, 5.74) is 0.0761. The van der Waals surface area contributed by atoms with Crippen LogP contribution in [-0.2, 0) is 4.79 Å². The van der Waals surface area contributed by atoms with E-state index >= 15 is 0 Å². The van der Waals surface area contributed by atoms with E-state index in [9.17, 15) is 14.0 Å². The largest absolute Gasteiger partial charge is 0.480 e. The minimum absolute atomic E-state index is 0.0761. The highest BCUT2D eigenvalue weighted by Crippen LogP contribution is 2.32. The van der Waals surface area contributed by atoms with Crippen molar-refractivity contribution in [2.75, 3.05) is 5.75 Å². The lowest BCUT2D eigenvalue weighted by molar-refractivity contribution is -0.141. The molecule has 1 N–H and O–H groups in total. The smallest absolute Gasteiger partial charge is 0.327 e. The third kappa shape index (κ3) is 2.70. The standard InChI is InChI=1S/C12H13FN2O3S/c1-2-10-15(9(6-19-10)12(17)18)11(16)7-3-8(13)5-14-4-7/h3-5,9-10H,2,6H2,1H3,(H,17,18). The number of aromatic nitrogens is 1. The summed E-state index contributed by atoms with van der Waals surface area (Å²) in [7, 11) is 0. The van der Waals surface area contributed by atoms with Crippen molar-refractivity contribution in [2.24, 2.45) is 0 Å². The van der Waals surface area contributed by atoms with Gasteiger partial charge in [-0.3, -0.25) is 9.78 Å². The lowest BCUT2D eigenvalue weighted by atomic mass is 10.2. The van der Waals surface area contributed by atoms with Crippen molar-refractivity contribution in [2.45, 2.75) is 24.8 Å². The van der Waals surface area contributed by atoms with Crippen molar-refractivity contribution >= 4 is 23.6 Å². The average Bonchev–Trinajstić information content (AvgIpc) is 2.81. The molecule has 2 rings (SSSR count). The van der Waals surface area contributed by atoms with Gasteiger partial charge >= 0.3 is 5.97 Å². The van der Waals surface area contributed by atoms with E-state index in [0.717, 1.165) is 12.3 Å². The number of nitrogens with zero attached hydrogens (tertiary/aromatic N) is 2. The Balaban J connectivity index is 2.31. The summed E-state index contributed by atoms with van der Waals surface area (Å²) in [5.74, 6) is -1.79. The van der Waals surface area contributed by atoms with Crippen LogP contribution in [0.1, 0.15) is 23.7 Å². The van der Waals surface area contributed by atoms with Crippen molar-refractivity contribution in [3.63, 3.8) is 0 Å². The van der Waals surface area contributed by atoms with Crippen LogP contribution >= 0.6 is 11.8 Å². The Labute approximate surface area is 113 Å². The Morgan fingerprint density at radius 3 is 2.89 bits per heavy atom. The van der Waals surface area contributed by atoms with Gasteiger partial charge in [-0.2, -0.15) is 0 Å². The van der Waals surface area contributed by atoms with Gasteiger partial charge in [-0.1, -0.05) is 6.92 Å². The molecule has 2 heterocycles. The minimum atomic E-state index is -1.04. The molecule has 0 bridgehead atoms. The molecule has 0 aliphatic carbocycles. The van der Waals surface area contributed by atoms with Crippen molar-refractivity contribution in [1.82, 2.24) is 9.88 Å². The maximum absolute atomic E-state index is 13.1. The number of halogens is 1. The fourth-order valence-electron chi connectivity index (χ4n) is 2.02. The monoisotopic (exact) mass is 284 g/mol. The molecule has 1 fully saturated rings. The fraction of sp³-hybridized carbons (Fsp3) is 0.417. The molecule has 19 heavy (non-hydrogen) atoms. The van der Waals surface area contributed by atoms with Gasteiger partial charge in [0.15, 0.2) is 0 Å². The van der Waals surface area contributed by atoms with Crippen LogP contribution in [0.5, 0.6) is 0 Å². The van der Waals surface area contributed by atoms with Gasteiger partial charge in [0.25, 0.3) is 5.91 Å². The van der Waals surface area contributed by atoms with Gasteiger partial charge < -0.3 is 10.0 Å². The van der Waals surface area contributed by atoms with E-state index in [1.807, 2.05) is 6.92 Å². The van der Waals surface area contributed by atoms with Crippen LogP contribution in [0.25, 0.3) is 0 Å². The van der Waals surface area contributed by atoms with Crippen molar-refractivity contribution in [3.05, 3.63) is 29.8 Å². The summed E-state index contributed by atoms with van der Waals surface area (Å²) in [6, 6.07) is 0.204. The van der Waals surface area contributed by atoms with E-state index in [2.05, 4.69) is 4.98 Å². The first-order valence-corrected chi connectivity index (χ1v) is 6.87. The van der Waals surface area contributed by atoms with Gasteiger partial charge in [0.1, 0.15) is 11.9 Å². The number of rotatable bonds is 3. The second kappa shape index (κ2) is 5.56. The molecule has 102 valence electrons. The third-order valence-electron chi connectivity index (χ3n) is 2.91. The highest BCUT2D eigenvalue weighted by Gasteiger charge is 2.41. The molecular formula is C12H13FN2O3S. The Morgan fingerprint density at radius 2 is 2.32 bits per heavy atom. The van der Waals surface area contributed by atoms with Gasteiger partial charge in [-0.15, -0.1) is 11.8 Å². The molecule has 0 radical (unpaired) electrons. The number of carboxylic acids is 1. The number of hydrogen-bond acceptors (Lipinski definition) is 4. The molecule has 2 atom stereocenters. The molecule has 5 nitrogen and oxygen atoms in total. The van der Waals surface area contributed by atoms with Crippen molar-refractivity contribution in [3.8, 4) is 0 Å². The molecule has 1 aromatic heterocycles. The molecule has 0 spiro atoms. The number of thioether (sulfide) groups is 1. The highest BCUT2D eigenvalue weighted by atomic mass is 32.2. The summed E-state index contributed by atoms with van der Waals surface area (Å²) < 4.78 is 13.1. The lowest BCUT2D eigenvalue weighted by Gasteiger charge is -2.26. The van der Waals surface area contributed by atoms with E-state index in [0.29, 0.717) is 12.2 Å². The van der Waals surface area contributed by atoms with Crippen LogP contribution in [0.3, 0.4) is 0 Å². The molecule has 1 saturated heterocycles. The highest BCUT2D eigenvalue weighted by molar-refractivity contribution is 8.00. The fourth-order valence-corrected chi connectivity index (χ4v) is 3.37. The second-order valence-corrected chi connectivity index (χ2v) is 5.37. The van der Waals surface area contributed by atoms with Gasteiger partial charge in [0.05, 0.1) is 17.1 Å². The van der Waals surface area contributed by atoms with E-state index in [-0.39, 0.29) is 10.9 Å². The Morgan fingerprint density at radius 1 is 1.58 bits per heavy atom. The Hall–Kier alpha value is -1.63. The summed E-state index contributed by atoms with van der Waals surface area (Å²) in [6.07, 6.45) is 2.89. The third-order valence-corrected chi connectivity index (χ3v) is 4.37. The molecule has 0 saturated carbocycles. The van der Waals surface area contributed by atoms with Crippen LogP contribution in [0.15, 0.2) is 18.5 Å². The van der Waals surface area contributed by atoms with Crippen LogP contribution in [0, 0.1) is 5.82 Å². The summed E-state index contributed by atoms with van der Waals surface area (Å²) in [5, 5.41) is 8.95. The molecule has 1 aliphatic heterocycles. The topological polar surface area (TPSA) is 70.5 Å². The lowest BCUT2D eigenvalue weighted by Crippen LogP contribution is -2.45. The first-order valence-electron chi connectivity index (χ1n) is 5.82. The van der Waals surface area contributed by atoms with Gasteiger partial charge in [-0.25, -0.2) is 9.18 Å². The van der Waals surface area contributed by atoms with E-state index < -0.39 is 23.7 Å². The van der Waals surface area contributed by atoms with Gasteiger partial charge in [0.2, 0.25) is 0 Å². The number of carbonyl (C=O) groups is 2. The van der Waals surface area contributed by atoms with E-state index in [1.54, 1.807) is 0 Å².